The molecule has 0 unspecified atom stereocenters. The Morgan fingerprint density at radius 1 is 1.00 bits per heavy atom. The lowest BCUT2D eigenvalue weighted by atomic mass is 9.71. The second-order valence-electron chi connectivity index (χ2n) is 6.53. The summed E-state index contributed by atoms with van der Waals surface area (Å²) < 4.78 is 13.6. The van der Waals surface area contributed by atoms with Crippen LogP contribution in [0.4, 0.5) is 4.39 Å². The first-order valence-corrected chi connectivity index (χ1v) is 7.83. The minimum atomic E-state index is -0.132. The molecule has 0 bridgehead atoms. The van der Waals surface area contributed by atoms with Gasteiger partial charge in [0.15, 0.2) is 0 Å². The Hall–Kier alpha value is -1.67. The van der Waals surface area contributed by atoms with Gasteiger partial charge >= 0.3 is 0 Å². The second-order valence-corrected chi connectivity index (χ2v) is 6.53. The fraction of sp³-hybridized carbons (Fsp3) is 0.368. The molecule has 2 aromatic carbocycles. The van der Waals surface area contributed by atoms with Gasteiger partial charge in [-0.25, -0.2) is 4.39 Å². The zero-order chi connectivity index (χ0) is 14.3. The first-order valence-electron chi connectivity index (χ1n) is 7.83. The second kappa shape index (κ2) is 4.96. The van der Waals surface area contributed by atoms with E-state index >= 15 is 0 Å². The van der Waals surface area contributed by atoms with Gasteiger partial charge in [-0.2, -0.15) is 0 Å². The number of nitrogens with one attached hydrogen (secondary N) is 1. The first-order chi connectivity index (χ1) is 10.3. The van der Waals surface area contributed by atoms with Crippen molar-refractivity contribution in [2.24, 2.45) is 0 Å². The van der Waals surface area contributed by atoms with Crippen molar-refractivity contribution < 1.29 is 4.39 Å². The summed E-state index contributed by atoms with van der Waals surface area (Å²) in [6.45, 7) is 1.88. The van der Waals surface area contributed by atoms with Crippen molar-refractivity contribution in [3.63, 3.8) is 0 Å². The van der Waals surface area contributed by atoms with Crippen LogP contribution in [0, 0.1) is 5.82 Å². The molecule has 0 spiro atoms. The predicted octanol–water partition coefficient (Wildman–Crippen LogP) is 3.40. The van der Waals surface area contributed by atoms with E-state index in [0.717, 1.165) is 25.1 Å². The highest BCUT2D eigenvalue weighted by Gasteiger charge is 2.39. The number of benzene rings is 2. The maximum atomic E-state index is 13.6. The molecule has 21 heavy (non-hydrogen) atoms. The van der Waals surface area contributed by atoms with Gasteiger partial charge in [0, 0.05) is 18.5 Å². The topological polar surface area (TPSA) is 12.0 Å². The van der Waals surface area contributed by atoms with E-state index < -0.39 is 0 Å². The largest absolute Gasteiger partial charge is 0.315 e. The summed E-state index contributed by atoms with van der Waals surface area (Å²) in [5.41, 5.74) is 5.62. The Labute approximate surface area is 125 Å². The van der Waals surface area contributed by atoms with Gasteiger partial charge < -0.3 is 5.32 Å². The predicted molar refractivity (Wildman–Crippen MR) is 83.1 cm³/mol. The van der Waals surface area contributed by atoms with Crippen LogP contribution in [0.15, 0.2) is 42.5 Å². The molecule has 1 fully saturated rings. The molecule has 2 aliphatic rings. The minimum Gasteiger partial charge on any atom is -0.315 e. The normalized spacial score (nSPS) is 19.1. The third kappa shape index (κ3) is 2.28. The van der Waals surface area contributed by atoms with Gasteiger partial charge in [-0.05, 0) is 60.1 Å². The van der Waals surface area contributed by atoms with E-state index in [9.17, 15) is 4.39 Å². The summed E-state index contributed by atoms with van der Waals surface area (Å²) in [5.74, 6) is -0.132. The van der Waals surface area contributed by atoms with Crippen LogP contribution in [0.3, 0.4) is 0 Å². The Bertz CT molecular complexity index is 673. The molecule has 0 aromatic heterocycles. The van der Waals surface area contributed by atoms with E-state index in [-0.39, 0.29) is 11.2 Å². The smallest absolute Gasteiger partial charge is 0.123 e. The van der Waals surface area contributed by atoms with Crippen LogP contribution >= 0.6 is 0 Å². The van der Waals surface area contributed by atoms with Gasteiger partial charge in [-0.3, -0.25) is 0 Å². The Morgan fingerprint density at radius 3 is 2.62 bits per heavy atom. The average Bonchev–Trinajstić information content (AvgIpc) is 2.90. The standard InChI is InChI=1S/C19H20FN/c20-18-6-2-5-17(10-18)19(12-21-13-19)11-14-7-8-15-3-1-4-16(15)9-14/h2,5-10,21H,1,3-4,11-13H2. The van der Waals surface area contributed by atoms with Crippen molar-refractivity contribution in [3.8, 4) is 0 Å². The molecule has 1 saturated heterocycles. The molecular formula is C19H20FN. The lowest BCUT2D eigenvalue weighted by Crippen LogP contribution is -2.58. The van der Waals surface area contributed by atoms with Crippen molar-refractivity contribution in [3.05, 3.63) is 70.5 Å². The molecule has 2 aromatic rings. The third-order valence-corrected chi connectivity index (χ3v) is 5.07. The maximum Gasteiger partial charge on any atom is 0.123 e. The van der Waals surface area contributed by atoms with Crippen LogP contribution < -0.4 is 5.32 Å². The van der Waals surface area contributed by atoms with Gasteiger partial charge in [0.25, 0.3) is 0 Å². The van der Waals surface area contributed by atoms with E-state index in [1.165, 1.54) is 42.0 Å². The minimum absolute atomic E-state index is 0.0644. The fourth-order valence-corrected chi connectivity index (χ4v) is 3.80. The van der Waals surface area contributed by atoms with Gasteiger partial charge in [0.2, 0.25) is 0 Å². The van der Waals surface area contributed by atoms with Crippen molar-refractivity contribution in [1.82, 2.24) is 5.32 Å². The highest BCUT2D eigenvalue weighted by molar-refractivity contribution is 5.39. The number of halogens is 1. The summed E-state index contributed by atoms with van der Waals surface area (Å²) in [4.78, 5) is 0. The summed E-state index contributed by atoms with van der Waals surface area (Å²) in [7, 11) is 0. The molecule has 1 aliphatic heterocycles. The Morgan fingerprint density at radius 2 is 1.86 bits per heavy atom. The molecule has 4 rings (SSSR count). The zero-order valence-corrected chi connectivity index (χ0v) is 12.2. The SMILES string of the molecule is Fc1cccc(C2(Cc3ccc4c(c3)CCC4)CNC2)c1. The summed E-state index contributed by atoms with van der Waals surface area (Å²) in [6.07, 6.45) is 4.73. The van der Waals surface area contributed by atoms with Crippen LogP contribution in [0.2, 0.25) is 0 Å². The molecule has 2 heteroatoms. The molecule has 1 heterocycles. The van der Waals surface area contributed by atoms with E-state index in [1.54, 1.807) is 6.07 Å². The highest BCUT2D eigenvalue weighted by atomic mass is 19.1. The molecular weight excluding hydrogens is 261 g/mol. The number of rotatable bonds is 3. The molecule has 1 nitrogen and oxygen atoms in total. The van der Waals surface area contributed by atoms with Crippen LogP contribution in [0.5, 0.6) is 0 Å². The number of hydrogen-bond donors (Lipinski definition) is 1. The van der Waals surface area contributed by atoms with Crippen molar-refractivity contribution in [1.29, 1.82) is 0 Å². The van der Waals surface area contributed by atoms with Crippen molar-refractivity contribution in [2.45, 2.75) is 31.1 Å². The monoisotopic (exact) mass is 281 g/mol. The lowest BCUT2D eigenvalue weighted by Gasteiger charge is -2.43. The quantitative estimate of drug-likeness (QED) is 0.909. The van der Waals surface area contributed by atoms with Crippen LogP contribution in [0.25, 0.3) is 0 Å². The van der Waals surface area contributed by atoms with Crippen LogP contribution in [-0.2, 0) is 24.7 Å². The fourth-order valence-electron chi connectivity index (χ4n) is 3.80. The van der Waals surface area contributed by atoms with E-state index in [0.29, 0.717) is 0 Å². The molecule has 1 aliphatic carbocycles. The number of fused-ring (bicyclic) bond motifs is 1. The molecule has 0 atom stereocenters. The van der Waals surface area contributed by atoms with Gasteiger partial charge in [-0.15, -0.1) is 0 Å². The Balaban J connectivity index is 1.65. The van der Waals surface area contributed by atoms with Crippen LogP contribution in [0.1, 0.15) is 28.7 Å². The molecule has 0 saturated carbocycles. The molecule has 0 amide bonds. The molecule has 108 valence electrons. The maximum absolute atomic E-state index is 13.6. The van der Waals surface area contributed by atoms with Crippen molar-refractivity contribution in [2.75, 3.05) is 13.1 Å². The Kier molecular flexibility index (Phi) is 3.07. The lowest BCUT2D eigenvalue weighted by molar-refractivity contribution is 0.274. The van der Waals surface area contributed by atoms with Crippen LogP contribution in [-0.4, -0.2) is 13.1 Å². The summed E-state index contributed by atoms with van der Waals surface area (Å²) in [6, 6.07) is 14.1. The summed E-state index contributed by atoms with van der Waals surface area (Å²) >= 11 is 0. The van der Waals surface area contributed by atoms with Gasteiger partial charge in [0.05, 0.1) is 0 Å². The van der Waals surface area contributed by atoms with Gasteiger partial charge in [0.1, 0.15) is 5.82 Å². The first kappa shape index (κ1) is 13.0. The van der Waals surface area contributed by atoms with E-state index in [1.807, 2.05) is 6.07 Å². The zero-order valence-electron chi connectivity index (χ0n) is 12.2. The number of aryl methyl sites for hydroxylation is 2. The summed E-state index contributed by atoms with van der Waals surface area (Å²) in [5, 5.41) is 3.37. The molecule has 0 radical (unpaired) electrons. The average molecular weight is 281 g/mol. The number of hydrogen-bond acceptors (Lipinski definition) is 1. The van der Waals surface area contributed by atoms with Gasteiger partial charge in [-0.1, -0.05) is 30.3 Å². The van der Waals surface area contributed by atoms with Crippen molar-refractivity contribution >= 4 is 0 Å². The molecule has 1 N–H and O–H groups in total. The van der Waals surface area contributed by atoms with E-state index in [2.05, 4.69) is 29.6 Å². The van der Waals surface area contributed by atoms with E-state index in [4.69, 9.17) is 0 Å². The third-order valence-electron chi connectivity index (χ3n) is 5.07. The highest BCUT2D eigenvalue weighted by Crippen LogP contribution is 2.34.